The molecule has 0 amide bonds. The van der Waals surface area contributed by atoms with Crippen LogP contribution in [0.5, 0.6) is 11.5 Å². The number of nitrogens with zero attached hydrogens (tertiary/aromatic N) is 1. The molecule has 1 N–H and O–H groups in total. The number of phenolic OH excluding ortho intramolecular Hbond substituents is 1. The fourth-order valence-corrected chi connectivity index (χ4v) is 2.51. The molecule has 19 heavy (non-hydrogen) atoms. The van der Waals surface area contributed by atoms with Gasteiger partial charge in [-0.2, -0.15) is 0 Å². The lowest BCUT2D eigenvalue weighted by Crippen LogP contribution is -2.36. The molecule has 1 aliphatic heterocycles. The third-order valence-electron chi connectivity index (χ3n) is 3.62. The van der Waals surface area contributed by atoms with Gasteiger partial charge in [-0.25, -0.2) is 0 Å². The Morgan fingerprint density at radius 3 is 2.63 bits per heavy atom. The van der Waals surface area contributed by atoms with Crippen molar-refractivity contribution >= 4 is 0 Å². The zero-order chi connectivity index (χ0) is 13.7. The molecular formula is C15H23NO3. The van der Waals surface area contributed by atoms with Crippen molar-refractivity contribution in [2.24, 2.45) is 0 Å². The lowest BCUT2D eigenvalue weighted by atomic mass is 10.1. The van der Waals surface area contributed by atoms with E-state index in [2.05, 4.69) is 4.90 Å². The van der Waals surface area contributed by atoms with Crippen LogP contribution < -0.4 is 4.74 Å². The topological polar surface area (TPSA) is 41.9 Å². The largest absolute Gasteiger partial charge is 0.507 e. The summed E-state index contributed by atoms with van der Waals surface area (Å²) < 4.78 is 10.7. The van der Waals surface area contributed by atoms with E-state index in [1.165, 1.54) is 0 Å². The number of methoxy groups -OCH3 is 1. The van der Waals surface area contributed by atoms with Crippen molar-refractivity contribution in [1.82, 2.24) is 4.90 Å². The third-order valence-corrected chi connectivity index (χ3v) is 3.62. The Labute approximate surface area is 114 Å². The summed E-state index contributed by atoms with van der Waals surface area (Å²) in [5, 5.41) is 9.96. The van der Waals surface area contributed by atoms with Gasteiger partial charge in [-0.1, -0.05) is 6.07 Å². The third kappa shape index (κ3) is 3.85. The van der Waals surface area contributed by atoms with Crippen molar-refractivity contribution in [2.75, 3.05) is 26.8 Å². The molecule has 0 radical (unpaired) electrons. The molecule has 106 valence electrons. The molecular weight excluding hydrogens is 242 g/mol. The van der Waals surface area contributed by atoms with Crippen molar-refractivity contribution in [1.29, 1.82) is 0 Å². The number of aromatic hydroxyl groups is 1. The Kier molecular flexibility index (Phi) is 5.05. The highest BCUT2D eigenvalue weighted by Gasteiger charge is 2.20. The fraction of sp³-hybridized carbons (Fsp3) is 0.600. The highest BCUT2D eigenvalue weighted by Crippen LogP contribution is 2.25. The zero-order valence-corrected chi connectivity index (χ0v) is 11.8. The highest BCUT2D eigenvalue weighted by atomic mass is 16.5. The molecule has 0 unspecified atom stereocenters. The van der Waals surface area contributed by atoms with Crippen LogP contribution in [-0.4, -0.2) is 42.9 Å². The lowest BCUT2D eigenvalue weighted by molar-refractivity contribution is 0.0124. The zero-order valence-electron chi connectivity index (χ0n) is 11.8. The number of phenols is 1. The highest BCUT2D eigenvalue weighted by molar-refractivity contribution is 5.39. The van der Waals surface area contributed by atoms with Gasteiger partial charge in [-0.15, -0.1) is 0 Å². The first-order chi connectivity index (χ1) is 9.22. The minimum Gasteiger partial charge on any atom is -0.507 e. The average Bonchev–Trinajstić information content (AvgIpc) is 2.43. The normalized spacial score (nSPS) is 17.6. The van der Waals surface area contributed by atoms with Crippen molar-refractivity contribution < 1.29 is 14.6 Å². The van der Waals surface area contributed by atoms with E-state index in [0.29, 0.717) is 17.6 Å². The summed E-state index contributed by atoms with van der Waals surface area (Å²) in [6, 6.07) is 5.49. The fourth-order valence-electron chi connectivity index (χ4n) is 2.51. The molecule has 0 aromatic heterocycles. The Balaban J connectivity index is 1.88. The number of benzene rings is 1. The first kappa shape index (κ1) is 14.2. The van der Waals surface area contributed by atoms with Crippen molar-refractivity contribution in [3.63, 3.8) is 0 Å². The van der Waals surface area contributed by atoms with Gasteiger partial charge in [0.05, 0.1) is 13.2 Å². The number of hydrogen-bond donors (Lipinski definition) is 1. The summed E-state index contributed by atoms with van der Waals surface area (Å²) in [5.74, 6) is 1.00. The quantitative estimate of drug-likeness (QED) is 0.887. The van der Waals surface area contributed by atoms with Crippen LogP contribution in [-0.2, 0) is 11.3 Å². The van der Waals surface area contributed by atoms with Gasteiger partial charge in [-0.3, -0.25) is 4.90 Å². The van der Waals surface area contributed by atoms with Gasteiger partial charge in [0.15, 0.2) is 0 Å². The average molecular weight is 265 g/mol. The van der Waals surface area contributed by atoms with Crippen molar-refractivity contribution in [2.45, 2.75) is 32.4 Å². The van der Waals surface area contributed by atoms with E-state index in [0.717, 1.165) is 44.6 Å². The van der Waals surface area contributed by atoms with Gasteiger partial charge in [0.2, 0.25) is 0 Å². The van der Waals surface area contributed by atoms with Crippen LogP contribution in [0.2, 0.25) is 0 Å². The molecule has 0 spiro atoms. The molecule has 1 fully saturated rings. The van der Waals surface area contributed by atoms with E-state index < -0.39 is 0 Å². The molecule has 1 heterocycles. The van der Waals surface area contributed by atoms with Gasteiger partial charge in [0, 0.05) is 37.9 Å². The minimum atomic E-state index is 0.311. The number of hydrogen-bond acceptors (Lipinski definition) is 4. The van der Waals surface area contributed by atoms with Crippen LogP contribution >= 0.6 is 0 Å². The van der Waals surface area contributed by atoms with Crippen molar-refractivity contribution in [3.05, 3.63) is 23.8 Å². The minimum absolute atomic E-state index is 0.311. The predicted octanol–water partition coefficient (Wildman–Crippen LogP) is 2.40. The van der Waals surface area contributed by atoms with E-state index in [1.807, 2.05) is 19.1 Å². The van der Waals surface area contributed by atoms with E-state index >= 15 is 0 Å². The molecule has 1 aliphatic rings. The Bertz CT molecular complexity index is 400. The Hall–Kier alpha value is -1.26. The summed E-state index contributed by atoms with van der Waals surface area (Å²) in [7, 11) is 1.60. The molecule has 1 saturated heterocycles. The monoisotopic (exact) mass is 265 g/mol. The Morgan fingerprint density at radius 1 is 1.32 bits per heavy atom. The summed E-state index contributed by atoms with van der Waals surface area (Å²) in [6.07, 6.45) is 2.56. The van der Waals surface area contributed by atoms with Gasteiger partial charge in [0.1, 0.15) is 11.5 Å². The number of likely N-dealkylation sites (tertiary alicyclic amines) is 1. The standard InChI is InChI=1S/C15H23NO3/c1-3-19-13-6-8-16(9-7-13)11-12-4-5-14(18-2)10-15(12)17/h4-5,10,13,17H,3,6-9,11H2,1-2H3. The summed E-state index contributed by atoms with van der Waals surface area (Å²) in [5.41, 5.74) is 0.954. The SMILES string of the molecule is CCOC1CCN(Cc2ccc(OC)cc2O)CC1. The predicted molar refractivity (Wildman–Crippen MR) is 74.6 cm³/mol. The van der Waals surface area contributed by atoms with Gasteiger partial charge < -0.3 is 14.6 Å². The molecule has 0 atom stereocenters. The second kappa shape index (κ2) is 6.78. The first-order valence-electron chi connectivity index (χ1n) is 6.92. The van der Waals surface area contributed by atoms with E-state index in [9.17, 15) is 5.11 Å². The Morgan fingerprint density at radius 2 is 2.05 bits per heavy atom. The number of piperidine rings is 1. The van der Waals surface area contributed by atoms with E-state index in [4.69, 9.17) is 9.47 Å². The summed E-state index contributed by atoms with van der Waals surface area (Å²) in [6.45, 7) is 5.67. The van der Waals surface area contributed by atoms with E-state index in [-0.39, 0.29) is 0 Å². The van der Waals surface area contributed by atoms with Crippen LogP contribution in [0.15, 0.2) is 18.2 Å². The smallest absolute Gasteiger partial charge is 0.123 e. The van der Waals surface area contributed by atoms with Crippen LogP contribution in [0.25, 0.3) is 0 Å². The van der Waals surface area contributed by atoms with Crippen LogP contribution in [0, 0.1) is 0 Å². The lowest BCUT2D eigenvalue weighted by Gasteiger charge is -2.31. The van der Waals surface area contributed by atoms with Crippen LogP contribution in [0.3, 0.4) is 0 Å². The van der Waals surface area contributed by atoms with Gasteiger partial charge in [0.25, 0.3) is 0 Å². The van der Waals surface area contributed by atoms with Crippen molar-refractivity contribution in [3.8, 4) is 11.5 Å². The molecule has 1 aromatic rings. The molecule has 4 nitrogen and oxygen atoms in total. The molecule has 1 aromatic carbocycles. The number of ether oxygens (including phenoxy) is 2. The molecule has 0 aliphatic carbocycles. The second-order valence-electron chi connectivity index (χ2n) is 4.93. The van der Waals surface area contributed by atoms with Crippen LogP contribution in [0.1, 0.15) is 25.3 Å². The maximum atomic E-state index is 9.96. The summed E-state index contributed by atoms with van der Waals surface area (Å²) >= 11 is 0. The molecule has 4 heteroatoms. The molecule has 0 bridgehead atoms. The first-order valence-corrected chi connectivity index (χ1v) is 6.92. The van der Waals surface area contributed by atoms with Gasteiger partial charge >= 0.3 is 0 Å². The molecule has 2 rings (SSSR count). The summed E-state index contributed by atoms with van der Waals surface area (Å²) in [4.78, 5) is 2.36. The second-order valence-corrected chi connectivity index (χ2v) is 4.93. The van der Waals surface area contributed by atoms with E-state index in [1.54, 1.807) is 13.2 Å². The van der Waals surface area contributed by atoms with Gasteiger partial charge in [-0.05, 0) is 25.8 Å². The maximum absolute atomic E-state index is 9.96. The maximum Gasteiger partial charge on any atom is 0.123 e. The number of rotatable bonds is 5. The molecule has 0 saturated carbocycles. The van der Waals surface area contributed by atoms with Crippen LogP contribution in [0.4, 0.5) is 0 Å².